The molecule has 0 radical (unpaired) electrons. The average molecular weight is 266 g/mol. The quantitative estimate of drug-likeness (QED) is 0.832. The van der Waals surface area contributed by atoms with Crippen molar-refractivity contribution in [3.63, 3.8) is 0 Å². The van der Waals surface area contributed by atoms with Gasteiger partial charge in [0.25, 0.3) is 0 Å². The molecule has 0 saturated carbocycles. The lowest BCUT2D eigenvalue weighted by atomic mass is 10.1. The van der Waals surface area contributed by atoms with Crippen LogP contribution in [-0.2, 0) is 4.79 Å². The summed E-state index contributed by atoms with van der Waals surface area (Å²) in [6.07, 6.45) is 0. The number of rotatable bonds is 6. The molecule has 0 bridgehead atoms. The van der Waals surface area contributed by atoms with Crippen LogP contribution >= 0.6 is 0 Å². The predicted octanol–water partition coefficient (Wildman–Crippen LogP) is 2.71. The Balaban J connectivity index is 2.44. The Morgan fingerprint density at radius 1 is 1.26 bits per heavy atom. The molecular formula is C15H26N2O2. The molecule has 1 heterocycles. The summed E-state index contributed by atoms with van der Waals surface area (Å²) in [5.41, 5.74) is 1.11. The highest BCUT2D eigenvalue weighted by Crippen LogP contribution is 2.20. The van der Waals surface area contributed by atoms with E-state index >= 15 is 0 Å². The highest BCUT2D eigenvalue weighted by atomic mass is 16.3. The Morgan fingerprint density at radius 2 is 1.89 bits per heavy atom. The second-order valence-electron chi connectivity index (χ2n) is 5.57. The molecule has 0 aliphatic carbocycles. The topological polar surface area (TPSA) is 54.3 Å². The monoisotopic (exact) mass is 266 g/mol. The van der Waals surface area contributed by atoms with Crippen LogP contribution in [0.1, 0.15) is 50.8 Å². The summed E-state index contributed by atoms with van der Waals surface area (Å²) >= 11 is 0. The number of nitrogens with one attached hydrogen (secondary N) is 2. The van der Waals surface area contributed by atoms with Crippen LogP contribution in [0, 0.1) is 19.8 Å². The molecule has 2 unspecified atom stereocenters. The molecule has 4 nitrogen and oxygen atoms in total. The number of carbonyl (C=O) groups is 1. The third kappa shape index (κ3) is 4.71. The van der Waals surface area contributed by atoms with Crippen LogP contribution in [0.2, 0.25) is 0 Å². The number of carbonyl (C=O) groups excluding carboxylic acids is 1. The number of hydrogen-bond acceptors (Lipinski definition) is 3. The molecule has 19 heavy (non-hydrogen) atoms. The van der Waals surface area contributed by atoms with Gasteiger partial charge in [-0.2, -0.15) is 0 Å². The van der Waals surface area contributed by atoms with Crippen molar-refractivity contribution in [1.82, 2.24) is 10.6 Å². The highest BCUT2D eigenvalue weighted by Gasteiger charge is 2.15. The van der Waals surface area contributed by atoms with E-state index in [0.29, 0.717) is 12.5 Å². The minimum absolute atomic E-state index is 0.0333. The minimum atomic E-state index is 0.0333. The predicted molar refractivity (Wildman–Crippen MR) is 77.0 cm³/mol. The van der Waals surface area contributed by atoms with Crippen LogP contribution in [0.5, 0.6) is 0 Å². The summed E-state index contributed by atoms with van der Waals surface area (Å²) in [6.45, 7) is 12.5. The van der Waals surface area contributed by atoms with E-state index in [4.69, 9.17) is 4.42 Å². The minimum Gasteiger partial charge on any atom is -0.466 e. The van der Waals surface area contributed by atoms with Gasteiger partial charge >= 0.3 is 0 Å². The lowest BCUT2D eigenvalue weighted by Gasteiger charge is -2.19. The van der Waals surface area contributed by atoms with Crippen LogP contribution in [-0.4, -0.2) is 18.5 Å². The van der Waals surface area contributed by atoms with E-state index < -0.39 is 0 Å². The fraction of sp³-hybridized carbons (Fsp3) is 0.667. The van der Waals surface area contributed by atoms with E-state index in [2.05, 4.69) is 24.5 Å². The Kier molecular flexibility index (Phi) is 5.60. The zero-order valence-electron chi connectivity index (χ0n) is 12.8. The Hall–Kier alpha value is -1.29. The molecule has 1 amide bonds. The molecule has 0 aromatic carbocycles. The van der Waals surface area contributed by atoms with Crippen molar-refractivity contribution in [2.45, 2.75) is 53.6 Å². The van der Waals surface area contributed by atoms with E-state index in [1.807, 2.05) is 33.8 Å². The summed E-state index contributed by atoms with van der Waals surface area (Å²) < 4.78 is 5.50. The summed E-state index contributed by atoms with van der Waals surface area (Å²) in [4.78, 5) is 11.8. The molecule has 2 atom stereocenters. The Morgan fingerprint density at radius 3 is 2.37 bits per heavy atom. The van der Waals surface area contributed by atoms with Crippen molar-refractivity contribution >= 4 is 5.91 Å². The van der Waals surface area contributed by atoms with Gasteiger partial charge in [-0.1, -0.05) is 13.8 Å². The fourth-order valence-electron chi connectivity index (χ4n) is 1.91. The van der Waals surface area contributed by atoms with Gasteiger partial charge in [-0.3, -0.25) is 4.79 Å². The molecule has 0 fully saturated rings. The normalized spacial score (nSPS) is 14.5. The van der Waals surface area contributed by atoms with Crippen molar-refractivity contribution in [3.05, 3.63) is 23.2 Å². The summed E-state index contributed by atoms with van der Waals surface area (Å²) in [5, 5.41) is 6.21. The van der Waals surface area contributed by atoms with Crippen molar-refractivity contribution in [2.75, 3.05) is 6.54 Å². The van der Waals surface area contributed by atoms with Gasteiger partial charge in [0.1, 0.15) is 11.5 Å². The smallest absolute Gasteiger partial charge is 0.234 e. The van der Waals surface area contributed by atoms with Gasteiger partial charge in [0.2, 0.25) is 5.91 Å². The van der Waals surface area contributed by atoms with Gasteiger partial charge in [0.05, 0.1) is 6.54 Å². The third-order valence-corrected chi connectivity index (χ3v) is 3.50. The molecule has 0 aliphatic rings. The van der Waals surface area contributed by atoms with E-state index in [1.165, 1.54) is 0 Å². The second kappa shape index (κ2) is 6.75. The fourth-order valence-corrected chi connectivity index (χ4v) is 1.91. The van der Waals surface area contributed by atoms with Gasteiger partial charge < -0.3 is 15.1 Å². The largest absolute Gasteiger partial charge is 0.466 e. The maximum atomic E-state index is 11.8. The molecule has 108 valence electrons. The molecule has 0 spiro atoms. The first kappa shape index (κ1) is 15.8. The van der Waals surface area contributed by atoms with Gasteiger partial charge in [-0.05, 0) is 39.7 Å². The molecule has 0 saturated heterocycles. The molecule has 1 aromatic rings. The summed E-state index contributed by atoms with van der Waals surface area (Å²) in [5.74, 6) is 2.29. The molecule has 1 aromatic heterocycles. The lowest BCUT2D eigenvalue weighted by molar-refractivity contribution is -0.121. The zero-order valence-corrected chi connectivity index (χ0v) is 12.8. The SMILES string of the molecule is Cc1cc(C(C)NCC(=O)NC(C)C(C)C)c(C)o1. The van der Waals surface area contributed by atoms with Crippen LogP contribution < -0.4 is 10.6 Å². The van der Waals surface area contributed by atoms with Crippen LogP contribution in [0.4, 0.5) is 0 Å². The first-order valence-corrected chi connectivity index (χ1v) is 6.91. The number of furan rings is 1. The highest BCUT2D eigenvalue weighted by molar-refractivity contribution is 5.78. The molecule has 0 aliphatic heterocycles. The molecular weight excluding hydrogens is 240 g/mol. The van der Waals surface area contributed by atoms with Crippen molar-refractivity contribution in [2.24, 2.45) is 5.92 Å². The Labute approximate surface area is 116 Å². The van der Waals surface area contributed by atoms with Crippen molar-refractivity contribution < 1.29 is 9.21 Å². The van der Waals surface area contributed by atoms with E-state index in [-0.39, 0.29) is 18.0 Å². The number of amides is 1. The van der Waals surface area contributed by atoms with Gasteiger partial charge in [0, 0.05) is 17.6 Å². The van der Waals surface area contributed by atoms with Gasteiger partial charge in [-0.25, -0.2) is 0 Å². The summed E-state index contributed by atoms with van der Waals surface area (Å²) in [6, 6.07) is 2.32. The average Bonchev–Trinajstić information content (AvgIpc) is 2.65. The van der Waals surface area contributed by atoms with E-state index in [1.54, 1.807) is 0 Å². The first-order valence-electron chi connectivity index (χ1n) is 6.91. The van der Waals surface area contributed by atoms with E-state index in [0.717, 1.165) is 17.1 Å². The number of aryl methyl sites for hydroxylation is 2. The molecule has 2 N–H and O–H groups in total. The van der Waals surface area contributed by atoms with Crippen LogP contribution in [0.15, 0.2) is 10.5 Å². The van der Waals surface area contributed by atoms with Gasteiger partial charge in [0.15, 0.2) is 0 Å². The Bertz CT molecular complexity index is 424. The maximum absolute atomic E-state index is 11.8. The molecule has 1 rings (SSSR count). The standard InChI is InChI=1S/C15H26N2O2/c1-9(2)11(4)17-15(18)8-16-12(5)14-7-10(3)19-13(14)6/h7,9,11-12,16H,8H2,1-6H3,(H,17,18). The maximum Gasteiger partial charge on any atom is 0.234 e. The first-order chi connectivity index (χ1) is 8.81. The van der Waals surface area contributed by atoms with E-state index in [9.17, 15) is 4.79 Å². The van der Waals surface area contributed by atoms with Crippen molar-refractivity contribution in [3.8, 4) is 0 Å². The zero-order chi connectivity index (χ0) is 14.6. The van der Waals surface area contributed by atoms with Gasteiger partial charge in [-0.15, -0.1) is 0 Å². The van der Waals surface area contributed by atoms with Crippen molar-refractivity contribution in [1.29, 1.82) is 0 Å². The third-order valence-electron chi connectivity index (χ3n) is 3.50. The summed E-state index contributed by atoms with van der Waals surface area (Å²) in [7, 11) is 0. The second-order valence-corrected chi connectivity index (χ2v) is 5.57. The van der Waals surface area contributed by atoms with Crippen LogP contribution in [0.3, 0.4) is 0 Å². The molecule has 4 heteroatoms. The van der Waals surface area contributed by atoms with Crippen LogP contribution in [0.25, 0.3) is 0 Å². The number of hydrogen-bond donors (Lipinski definition) is 2. The lowest BCUT2D eigenvalue weighted by Crippen LogP contribution is -2.41.